The Balaban J connectivity index is 2.06. The van der Waals surface area contributed by atoms with Crippen molar-refractivity contribution in [1.29, 1.82) is 0 Å². The second kappa shape index (κ2) is 3.74. The van der Waals surface area contributed by atoms with Crippen LogP contribution in [-0.4, -0.2) is 30.1 Å². The van der Waals surface area contributed by atoms with Crippen molar-refractivity contribution in [2.24, 2.45) is 5.92 Å². The molecule has 0 spiro atoms. The zero-order valence-corrected chi connectivity index (χ0v) is 10.7. The normalized spacial score (nSPS) is 32.9. The number of rotatable bonds is 0. The summed E-state index contributed by atoms with van der Waals surface area (Å²) in [5.41, 5.74) is 3.13. The topological polar surface area (TPSA) is 23.5 Å². The molecule has 1 aliphatic carbocycles. The molecule has 2 atom stereocenters. The molecule has 0 unspecified atom stereocenters. The molecule has 3 rings (SSSR count). The Morgan fingerprint density at radius 2 is 2.24 bits per heavy atom. The summed E-state index contributed by atoms with van der Waals surface area (Å²) in [6, 6.07) is 5.95. The molecular weight excluding hydrogens is 210 g/mol. The maximum absolute atomic E-state index is 9.73. The quantitative estimate of drug-likeness (QED) is 0.741. The number of benzene rings is 1. The number of phenolic OH excluding ortho intramolecular Hbond substituents is 1. The number of fused-ring (bicyclic) bond motifs is 3. The lowest BCUT2D eigenvalue weighted by atomic mass is 9.61. The number of likely N-dealkylation sites (tertiary alicyclic amines) is 1. The molecule has 1 saturated heterocycles. The average Bonchev–Trinajstić information content (AvgIpc) is 2.31. The maximum atomic E-state index is 9.73. The lowest BCUT2D eigenvalue weighted by Gasteiger charge is -2.49. The lowest BCUT2D eigenvalue weighted by Crippen LogP contribution is -2.49. The molecule has 2 heteroatoms. The summed E-state index contributed by atoms with van der Waals surface area (Å²) in [6.45, 7) is 4.76. The van der Waals surface area contributed by atoms with Crippen LogP contribution in [0, 0.1) is 5.92 Å². The summed E-state index contributed by atoms with van der Waals surface area (Å²) in [6.07, 6.45) is 3.67. The molecular formula is C15H21NO. The third kappa shape index (κ3) is 1.66. The van der Waals surface area contributed by atoms with E-state index in [4.69, 9.17) is 0 Å². The second-order valence-electron chi connectivity index (χ2n) is 6.01. The van der Waals surface area contributed by atoms with Crippen molar-refractivity contribution in [2.75, 3.05) is 20.1 Å². The van der Waals surface area contributed by atoms with Crippen LogP contribution in [0.15, 0.2) is 18.2 Å². The van der Waals surface area contributed by atoms with Gasteiger partial charge in [-0.3, -0.25) is 0 Å². The number of aryl methyl sites for hydroxylation is 1. The second-order valence-corrected chi connectivity index (χ2v) is 6.01. The third-order valence-corrected chi connectivity index (χ3v) is 4.92. The molecule has 0 radical (unpaired) electrons. The molecule has 0 bridgehead atoms. The van der Waals surface area contributed by atoms with Gasteiger partial charge in [0.25, 0.3) is 0 Å². The van der Waals surface area contributed by atoms with E-state index in [-0.39, 0.29) is 5.41 Å². The van der Waals surface area contributed by atoms with E-state index < -0.39 is 0 Å². The zero-order valence-electron chi connectivity index (χ0n) is 10.7. The Morgan fingerprint density at radius 1 is 1.41 bits per heavy atom. The molecule has 1 aromatic carbocycles. The van der Waals surface area contributed by atoms with E-state index in [0.29, 0.717) is 5.75 Å². The van der Waals surface area contributed by atoms with Gasteiger partial charge in [0.05, 0.1) is 0 Å². The summed E-state index contributed by atoms with van der Waals surface area (Å²) in [5.74, 6) is 1.17. The van der Waals surface area contributed by atoms with Crippen molar-refractivity contribution in [2.45, 2.75) is 31.6 Å². The molecule has 0 saturated carbocycles. The van der Waals surface area contributed by atoms with E-state index in [9.17, 15) is 5.11 Å². The molecule has 1 heterocycles. The van der Waals surface area contributed by atoms with Gasteiger partial charge >= 0.3 is 0 Å². The highest BCUT2D eigenvalue weighted by Crippen LogP contribution is 2.47. The van der Waals surface area contributed by atoms with Gasteiger partial charge in [0.15, 0.2) is 0 Å². The van der Waals surface area contributed by atoms with E-state index in [1.807, 2.05) is 12.1 Å². The maximum Gasteiger partial charge on any atom is 0.115 e. The van der Waals surface area contributed by atoms with E-state index in [0.717, 1.165) is 5.92 Å². The predicted molar refractivity (Wildman–Crippen MR) is 69.4 cm³/mol. The molecule has 17 heavy (non-hydrogen) atoms. The van der Waals surface area contributed by atoms with E-state index in [1.54, 1.807) is 0 Å². The van der Waals surface area contributed by atoms with Crippen LogP contribution in [0.3, 0.4) is 0 Å². The number of hydrogen-bond donors (Lipinski definition) is 1. The van der Waals surface area contributed by atoms with Crippen molar-refractivity contribution in [3.8, 4) is 5.75 Å². The van der Waals surface area contributed by atoms with Crippen LogP contribution >= 0.6 is 0 Å². The van der Waals surface area contributed by atoms with Gasteiger partial charge in [-0.05, 0) is 67.4 Å². The van der Waals surface area contributed by atoms with Gasteiger partial charge in [-0.15, -0.1) is 0 Å². The van der Waals surface area contributed by atoms with Crippen molar-refractivity contribution in [3.05, 3.63) is 29.3 Å². The highest BCUT2D eigenvalue weighted by molar-refractivity contribution is 5.42. The van der Waals surface area contributed by atoms with E-state index in [2.05, 4.69) is 24.9 Å². The highest BCUT2D eigenvalue weighted by Gasteiger charge is 2.43. The van der Waals surface area contributed by atoms with Crippen LogP contribution in [0.4, 0.5) is 0 Å². The standard InChI is InChI=1S/C15H21NO/c1-15-7-8-16(2)10-12(15)5-3-11-4-6-13(17)9-14(11)15/h4,6,9,12,17H,3,5,7-8,10H2,1-2H3/t12-,15+/m1/s1. The van der Waals surface area contributed by atoms with Gasteiger partial charge < -0.3 is 10.0 Å². The molecule has 0 amide bonds. The van der Waals surface area contributed by atoms with Crippen molar-refractivity contribution >= 4 is 0 Å². The van der Waals surface area contributed by atoms with Gasteiger partial charge in [-0.1, -0.05) is 13.0 Å². The van der Waals surface area contributed by atoms with Gasteiger partial charge in [0, 0.05) is 6.54 Å². The molecule has 92 valence electrons. The molecule has 1 N–H and O–H groups in total. The van der Waals surface area contributed by atoms with E-state index in [1.165, 1.54) is 43.5 Å². The summed E-state index contributed by atoms with van der Waals surface area (Å²) in [5, 5.41) is 9.73. The van der Waals surface area contributed by atoms with Crippen molar-refractivity contribution in [1.82, 2.24) is 4.90 Å². The Hall–Kier alpha value is -1.02. The largest absolute Gasteiger partial charge is 0.508 e. The Bertz CT molecular complexity index is 443. The Morgan fingerprint density at radius 3 is 3.06 bits per heavy atom. The zero-order chi connectivity index (χ0) is 12.0. The van der Waals surface area contributed by atoms with Gasteiger partial charge in [0.2, 0.25) is 0 Å². The van der Waals surface area contributed by atoms with E-state index >= 15 is 0 Å². The average molecular weight is 231 g/mol. The lowest BCUT2D eigenvalue weighted by molar-refractivity contribution is 0.106. The van der Waals surface area contributed by atoms with Crippen LogP contribution in [0.1, 0.15) is 30.9 Å². The molecule has 2 aliphatic rings. The number of piperidine rings is 1. The Labute approximate surface area is 103 Å². The summed E-state index contributed by atoms with van der Waals surface area (Å²) >= 11 is 0. The number of phenols is 1. The fourth-order valence-corrected chi connectivity index (χ4v) is 3.70. The van der Waals surface area contributed by atoms with Crippen LogP contribution in [0.5, 0.6) is 5.75 Å². The van der Waals surface area contributed by atoms with Crippen LogP contribution in [0.25, 0.3) is 0 Å². The molecule has 0 aromatic heterocycles. The predicted octanol–water partition coefficient (Wildman–Crippen LogP) is 2.55. The Kier molecular flexibility index (Phi) is 2.44. The van der Waals surface area contributed by atoms with Crippen molar-refractivity contribution in [3.63, 3.8) is 0 Å². The minimum atomic E-state index is 0.277. The minimum Gasteiger partial charge on any atom is -0.508 e. The first kappa shape index (κ1) is 11.1. The monoisotopic (exact) mass is 231 g/mol. The van der Waals surface area contributed by atoms with Gasteiger partial charge in [-0.2, -0.15) is 0 Å². The first-order valence-electron chi connectivity index (χ1n) is 6.60. The third-order valence-electron chi connectivity index (χ3n) is 4.92. The molecule has 1 aliphatic heterocycles. The van der Waals surface area contributed by atoms with Crippen LogP contribution < -0.4 is 0 Å². The number of aromatic hydroxyl groups is 1. The first-order valence-corrected chi connectivity index (χ1v) is 6.60. The SMILES string of the molecule is CN1CC[C@]2(C)c3cc(O)ccc3CC[C@@H]2C1. The first-order chi connectivity index (χ1) is 8.09. The van der Waals surface area contributed by atoms with Crippen LogP contribution in [0.2, 0.25) is 0 Å². The van der Waals surface area contributed by atoms with Gasteiger partial charge in [-0.25, -0.2) is 0 Å². The van der Waals surface area contributed by atoms with Crippen LogP contribution in [-0.2, 0) is 11.8 Å². The smallest absolute Gasteiger partial charge is 0.115 e. The highest BCUT2D eigenvalue weighted by atomic mass is 16.3. The molecule has 1 fully saturated rings. The minimum absolute atomic E-state index is 0.277. The fourth-order valence-electron chi connectivity index (χ4n) is 3.70. The number of nitrogens with zero attached hydrogens (tertiary/aromatic N) is 1. The molecule has 2 nitrogen and oxygen atoms in total. The van der Waals surface area contributed by atoms with Crippen molar-refractivity contribution < 1.29 is 5.11 Å². The molecule has 1 aromatic rings. The summed E-state index contributed by atoms with van der Waals surface area (Å²) in [7, 11) is 2.22. The summed E-state index contributed by atoms with van der Waals surface area (Å²) < 4.78 is 0. The fraction of sp³-hybridized carbons (Fsp3) is 0.600. The number of hydrogen-bond acceptors (Lipinski definition) is 2. The van der Waals surface area contributed by atoms with Gasteiger partial charge in [0.1, 0.15) is 5.75 Å². The summed E-state index contributed by atoms with van der Waals surface area (Å²) in [4.78, 5) is 2.44.